The van der Waals surface area contributed by atoms with Crippen LogP contribution in [0.15, 0.2) is 40.6 Å². The van der Waals surface area contributed by atoms with Gasteiger partial charge in [-0.2, -0.15) is 13.2 Å². The van der Waals surface area contributed by atoms with Gasteiger partial charge in [-0.25, -0.2) is 0 Å². The van der Waals surface area contributed by atoms with Crippen molar-refractivity contribution >= 4 is 40.4 Å². The van der Waals surface area contributed by atoms with E-state index in [-0.39, 0.29) is 0 Å². The van der Waals surface area contributed by atoms with Crippen LogP contribution in [-0.4, -0.2) is 11.9 Å². The number of hydrogen-bond acceptors (Lipinski definition) is 3. The second-order valence-corrected chi connectivity index (χ2v) is 6.43. The Hall–Kier alpha value is -0.850. The van der Waals surface area contributed by atoms with E-state index in [0.717, 1.165) is 16.6 Å². The number of nitrogens with one attached hydrogen (secondary N) is 1. The van der Waals surface area contributed by atoms with Crippen molar-refractivity contribution in [3.63, 3.8) is 0 Å². The zero-order valence-electron chi connectivity index (χ0n) is 10.2. The molecule has 0 saturated heterocycles. The number of rotatable bonds is 5. The molecule has 0 unspecified atom stereocenters. The summed E-state index contributed by atoms with van der Waals surface area (Å²) in [6, 6.07) is 8.81. The average Bonchev–Trinajstić information content (AvgIpc) is 2.80. The van der Waals surface area contributed by atoms with Gasteiger partial charge in [-0.1, -0.05) is 23.7 Å². The van der Waals surface area contributed by atoms with Gasteiger partial charge in [0.25, 0.3) is 0 Å². The van der Waals surface area contributed by atoms with Gasteiger partial charge in [0.1, 0.15) is 0 Å². The normalized spacial score (nSPS) is 11.6. The predicted molar refractivity (Wildman–Crippen MR) is 79.9 cm³/mol. The molecule has 0 saturated carbocycles. The summed E-state index contributed by atoms with van der Waals surface area (Å²) in [6.07, 6.45) is -4.17. The number of hydrogen-bond donors (Lipinski definition) is 1. The third kappa shape index (κ3) is 4.92. The topological polar surface area (TPSA) is 12.0 Å². The molecule has 20 heavy (non-hydrogen) atoms. The maximum Gasteiger partial charge on any atom is 0.398 e. The SMILES string of the molecule is FC(F)(F)CSc1ccccc1NCc1cc(Cl)cs1. The second-order valence-electron chi connectivity index (χ2n) is 3.98. The number of thiophene rings is 1. The Bertz CT molecular complexity index is 569. The molecule has 0 bridgehead atoms. The first-order valence-corrected chi connectivity index (χ1v) is 7.94. The van der Waals surface area contributed by atoms with E-state index in [0.29, 0.717) is 22.2 Å². The number of halogens is 4. The van der Waals surface area contributed by atoms with Gasteiger partial charge in [0.15, 0.2) is 0 Å². The van der Waals surface area contributed by atoms with Crippen LogP contribution in [0.5, 0.6) is 0 Å². The lowest BCUT2D eigenvalue weighted by atomic mass is 10.3. The number of anilines is 1. The molecule has 1 aromatic carbocycles. The van der Waals surface area contributed by atoms with Crippen LogP contribution in [0.3, 0.4) is 0 Å². The molecular weight excluding hydrogens is 327 g/mol. The van der Waals surface area contributed by atoms with Crippen molar-refractivity contribution in [2.24, 2.45) is 0 Å². The van der Waals surface area contributed by atoms with Gasteiger partial charge in [-0.05, 0) is 18.2 Å². The lowest BCUT2D eigenvalue weighted by Gasteiger charge is -2.12. The molecule has 0 amide bonds. The van der Waals surface area contributed by atoms with E-state index in [1.807, 2.05) is 11.4 Å². The van der Waals surface area contributed by atoms with Crippen molar-refractivity contribution in [2.75, 3.05) is 11.1 Å². The van der Waals surface area contributed by atoms with Gasteiger partial charge in [0.2, 0.25) is 0 Å². The summed E-state index contributed by atoms with van der Waals surface area (Å²) in [5.41, 5.74) is 0.700. The number of alkyl halides is 3. The minimum absolute atomic E-state index is 0.543. The van der Waals surface area contributed by atoms with E-state index >= 15 is 0 Å². The summed E-state index contributed by atoms with van der Waals surface area (Å²) in [7, 11) is 0. The first-order valence-electron chi connectivity index (χ1n) is 5.69. The Morgan fingerprint density at radius 2 is 2.00 bits per heavy atom. The molecule has 0 aliphatic heterocycles. The quantitative estimate of drug-likeness (QED) is 0.706. The molecule has 1 heterocycles. The fraction of sp³-hybridized carbons (Fsp3) is 0.231. The molecule has 108 valence electrons. The van der Waals surface area contributed by atoms with Crippen molar-refractivity contribution in [2.45, 2.75) is 17.6 Å². The molecule has 2 aromatic rings. The Labute approximate surface area is 128 Å². The van der Waals surface area contributed by atoms with Crippen LogP contribution < -0.4 is 5.32 Å². The van der Waals surface area contributed by atoms with E-state index in [4.69, 9.17) is 11.6 Å². The third-order valence-electron chi connectivity index (χ3n) is 2.35. The van der Waals surface area contributed by atoms with Crippen LogP contribution in [0.1, 0.15) is 4.88 Å². The Morgan fingerprint density at radius 1 is 1.25 bits per heavy atom. The van der Waals surface area contributed by atoms with Crippen LogP contribution in [-0.2, 0) is 6.54 Å². The highest BCUT2D eigenvalue weighted by Crippen LogP contribution is 2.32. The van der Waals surface area contributed by atoms with Crippen LogP contribution in [0.25, 0.3) is 0 Å². The molecule has 0 atom stereocenters. The molecule has 1 aromatic heterocycles. The lowest BCUT2D eigenvalue weighted by molar-refractivity contribution is -0.105. The van der Waals surface area contributed by atoms with Crippen LogP contribution in [0.2, 0.25) is 5.02 Å². The van der Waals surface area contributed by atoms with Crippen molar-refractivity contribution in [1.29, 1.82) is 0 Å². The molecular formula is C13H11ClF3NS2. The number of thioether (sulfide) groups is 1. The fourth-order valence-corrected chi connectivity index (χ4v) is 3.33. The molecule has 0 spiro atoms. The molecule has 0 fully saturated rings. The van der Waals surface area contributed by atoms with Crippen molar-refractivity contribution in [3.8, 4) is 0 Å². The monoisotopic (exact) mass is 337 g/mol. The summed E-state index contributed by atoms with van der Waals surface area (Å²) in [6.45, 7) is 0.543. The number of para-hydroxylation sites is 1. The van der Waals surface area contributed by atoms with E-state index in [1.165, 1.54) is 11.3 Å². The first kappa shape index (κ1) is 15.5. The van der Waals surface area contributed by atoms with E-state index < -0.39 is 11.9 Å². The molecule has 0 radical (unpaired) electrons. The Balaban J connectivity index is 2.00. The van der Waals surface area contributed by atoms with Gasteiger partial charge < -0.3 is 5.32 Å². The second kappa shape index (κ2) is 6.74. The zero-order valence-corrected chi connectivity index (χ0v) is 12.6. The summed E-state index contributed by atoms with van der Waals surface area (Å²) in [5, 5.41) is 5.64. The molecule has 1 N–H and O–H groups in total. The van der Waals surface area contributed by atoms with E-state index in [9.17, 15) is 13.2 Å². The summed E-state index contributed by atoms with van der Waals surface area (Å²) in [5.74, 6) is -0.892. The van der Waals surface area contributed by atoms with Crippen molar-refractivity contribution < 1.29 is 13.2 Å². The van der Waals surface area contributed by atoms with E-state index in [1.54, 1.807) is 24.3 Å². The highest BCUT2D eigenvalue weighted by molar-refractivity contribution is 7.99. The molecule has 0 aliphatic carbocycles. The maximum absolute atomic E-state index is 12.3. The molecule has 1 nitrogen and oxygen atoms in total. The lowest BCUT2D eigenvalue weighted by Crippen LogP contribution is -2.10. The van der Waals surface area contributed by atoms with Crippen molar-refractivity contribution in [3.05, 3.63) is 45.6 Å². The third-order valence-corrected chi connectivity index (χ3v) is 4.78. The first-order chi connectivity index (χ1) is 9.44. The van der Waals surface area contributed by atoms with E-state index in [2.05, 4.69) is 5.32 Å². The summed E-state index contributed by atoms with van der Waals surface area (Å²) in [4.78, 5) is 1.62. The van der Waals surface area contributed by atoms with Crippen LogP contribution in [0, 0.1) is 0 Å². The van der Waals surface area contributed by atoms with Gasteiger partial charge in [0, 0.05) is 27.4 Å². The smallest absolute Gasteiger partial charge is 0.379 e. The number of benzene rings is 1. The van der Waals surface area contributed by atoms with Gasteiger partial charge in [-0.3, -0.25) is 0 Å². The Kier molecular flexibility index (Phi) is 5.23. The Morgan fingerprint density at radius 3 is 2.65 bits per heavy atom. The minimum Gasteiger partial charge on any atom is -0.379 e. The summed E-state index contributed by atoms with van der Waals surface area (Å²) >= 11 is 8.12. The molecule has 7 heteroatoms. The minimum atomic E-state index is -4.17. The fourth-order valence-electron chi connectivity index (χ4n) is 1.53. The molecule has 0 aliphatic rings. The largest absolute Gasteiger partial charge is 0.398 e. The van der Waals surface area contributed by atoms with Gasteiger partial charge in [-0.15, -0.1) is 23.1 Å². The zero-order chi connectivity index (χ0) is 14.6. The van der Waals surface area contributed by atoms with Crippen molar-refractivity contribution in [1.82, 2.24) is 0 Å². The van der Waals surface area contributed by atoms with Crippen LogP contribution in [0.4, 0.5) is 18.9 Å². The summed E-state index contributed by atoms with van der Waals surface area (Å²) < 4.78 is 36.8. The van der Waals surface area contributed by atoms with Gasteiger partial charge in [0.05, 0.1) is 10.8 Å². The predicted octanol–water partition coefficient (Wildman–Crippen LogP) is 5.67. The average molecular weight is 338 g/mol. The van der Waals surface area contributed by atoms with Crippen LogP contribution >= 0.6 is 34.7 Å². The standard InChI is InChI=1S/C13H11ClF3NS2/c14-9-5-10(19-7-9)6-18-11-3-1-2-4-12(11)20-8-13(15,16)17/h1-5,7,18H,6,8H2. The maximum atomic E-state index is 12.3. The highest BCUT2D eigenvalue weighted by atomic mass is 35.5. The van der Waals surface area contributed by atoms with Gasteiger partial charge >= 0.3 is 6.18 Å². The highest BCUT2D eigenvalue weighted by Gasteiger charge is 2.27. The molecule has 2 rings (SSSR count).